The highest BCUT2D eigenvalue weighted by Gasteiger charge is 2.20. The summed E-state index contributed by atoms with van der Waals surface area (Å²) in [6.07, 6.45) is 2.85. The molecule has 1 fully saturated rings. The van der Waals surface area contributed by atoms with Gasteiger partial charge in [0.2, 0.25) is 0 Å². The summed E-state index contributed by atoms with van der Waals surface area (Å²) >= 11 is 1.94. The largest absolute Gasteiger partial charge is 0.378 e. The highest BCUT2D eigenvalue weighted by Crippen LogP contribution is 2.24. The fraction of sp³-hybridized carbons (Fsp3) is 0.750. The molecule has 20 heavy (non-hydrogen) atoms. The van der Waals surface area contributed by atoms with E-state index in [-0.39, 0.29) is 0 Å². The van der Waals surface area contributed by atoms with Crippen LogP contribution < -0.4 is 5.32 Å². The summed E-state index contributed by atoms with van der Waals surface area (Å²) in [5.41, 5.74) is 1.51. The second-order valence-electron chi connectivity index (χ2n) is 5.51. The molecule has 0 radical (unpaired) electrons. The lowest BCUT2D eigenvalue weighted by atomic mass is 10.1. The summed E-state index contributed by atoms with van der Waals surface area (Å²) in [7, 11) is 0. The quantitative estimate of drug-likeness (QED) is 0.836. The van der Waals surface area contributed by atoms with Gasteiger partial charge in [0.15, 0.2) is 0 Å². The van der Waals surface area contributed by atoms with Crippen LogP contribution in [0.25, 0.3) is 0 Å². The van der Waals surface area contributed by atoms with E-state index in [1.807, 2.05) is 11.3 Å². The van der Waals surface area contributed by atoms with E-state index < -0.39 is 0 Å². The number of hydrogen-bond acceptors (Lipinski definition) is 4. The average Bonchev–Trinajstić information content (AvgIpc) is 2.79. The predicted octanol–water partition coefficient (Wildman–Crippen LogP) is 3.17. The van der Waals surface area contributed by atoms with E-state index in [4.69, 9.17) is 4.74 Å². The first-order chi connectivity index (χ1) is 9.72. The van der Waals surface area contributed by atoms with Crippen LogP contribution in [0.3, 0.4) is 0 Å². The predicted molar refractivity (Wildman–Crippen MR) is 86.4 cm³/mol. The molecule has 4 heteroatoms. The summed E-state index contributed by atoms with van der Waals surface area (Å²) < 4.78 is 5.72. The number of hydrogen-bond donors (Lipinski definition) is 1. The van der Waals surface area contributed by atoms with E-state index >= 15 is 0 Å². The van der Waals surface area contributed by atoms with E-state index in [0.717, 1.165) is 26.2 Å². The Labute approximate surface area is 127 Å². The van der Waals surface area contributed by atoms with Gasteiger partial charge in [-0.25, -0.2) is 0 Å². The summed E-state index contributed by atoms with van der Waals surface area (Å²) in [5.74, 6) is 0. The molecular formula is C16H28N2OS. The van der Waals surface area contributed by atoms with Gasteiger partial charge in [-0.05, 0) is 44.9 Å². The van der Waals surface area contributed by atoms with Crippen LogP contribution in [0, 0.1) is 6.92 Å². The molecule has 2 rings (SSSR count). The van der Waals surface area contributed by atoms with Crippen molar-refractivity contribution in [1.82, 2.24) is 10.2 Å². The molecule has 0 aromatic carbocycles. The number of nitrogens with zero attached hydrogens (tertiary/aromatic N) is 1. The van der Waals surface area contributed by atoms with Crippen molar-refractivity contribution >= 4 is 11.3 Å². The fourth-order valence-corrected chi connectivity index (χ4v) is 3.81. The third-order valence-corrected chi connectivity index (χ3v) is 5.04. The first-order valence-electron chi connectivity index (χ1n) is 7.85. The van der Waals surface area contributed by atoms with Gasteiger partial charge < -0.3 is 10.1 Å². The standard InChI is InChI=1S/C16H28N2OS/c1-4-17-11-16-10-14(13(3)20-16)12-18-8-6-15(7-9-18)19-5-2/h10,15,17H,4-9,11-12H2,1-3H3. The maximum atomic E-state index is 5.72. The van der Waals surface area contributed by atoms with Crippen LogP contribution in [-0.2, 0) is 17.8 Å². The van der Waals surface area contributed by atoms with Gasteiger partial charge in [-0.3, -0.25) is 4.90 Å². The molecule has 1 N–H and O–H groups in total. The van der Waals surface area contributed by atoms with Gasteiger partial charge in [0.25, 0.3) is 0 Å². The minimum absolute atomic E-state index is 0.490. The molecule has 0 spiro atoms. The Balaban J connectivity index is 1.83. The molecule has 1 aliphatic rings. The van der Waals surface area contributed by atoms with Gasteiger partial charge in [-0.1, -0.05) is 6.92 Å². The monoisotopic (exact) mass is 296 g/mol. The second-order valence-corrected chi connectivity index (χ2v) is 6.85. The van der Waals surface area contributed by atoms with E-state index in [9.17, 15) is 0 Å². The summed E-state index contributed by atoms with van der Waals surface area (Å²) in [6, 6.07) is 2.39. The molecule has 0 aliphatic carbocycles. The van der Waals surface area contributed by atoms with E-state index in [0.29, 0.717) is 6.10 Å². The number of rotatable bonds is 7. The van der Waals surface area contributed by atoms with Crippen molar-refractivity contribution in [2.75, 3.05) is 26.2 Å². The molecule has 1 aliphatic heterocycles. The van der Waals surface area contributed by atoms with Crippen molar-refractivity contribution < 1.29 is 4.74 Å². The molecule has 0 bridgehead atoms. The van der Waals surface area contributed by atoms with Crippen molar-refractivity contribution in [3.8, 4) is 0 Å². The SMILES string of the molecule is CCNCc1cc(CN2CCC(OCC)CC2)c(C)s1. The third-order valence-electron chi connectivity index (χ3n) is 3.95. The Kier molecular flexibility index (Phi) is 6.49. The molecular weight excluding hydrogens is 268 g/mol. The van der Waals surface area contributed by atoms with Gasteiger partial charge in [0, 0.05) is 42.5 Å². The van der Waals surface area contributed by atoms with E-state index in [2.05, 4.69) is 37.1 Å². The number of thiophene rings is 1. The molecule has 0 atom stereocenters. The van der Waals surface area contributed by atoms with Gasteiger partial charge in [0.1, 0.15) is 0 Å². The average molecular weight is 296 g/mol. The molecule has 114 valence electrons. The van der Waals surface area contributed by atoms with Crippen molar-refractivity contribution in [2.24, 2.45) is 0 Å². The van der Waals surface area contributed by atoms with Crippen LogP contribution in [0.2, 0.25) is 0 Å². The Morgan fingerprint density at radius 2 is 2.10 bits per heavy atom. The van der Waals surface area contributed by atoms with Crippen LogP contribution in [-0.4, -0.2) is 37.2 Å². The lowest BCUT2D eigenvalue weighted by Crippen LogP contribution is -2.36. The second kappa shape index (κ2) is 8.13. The Hall–Kier alpha value is -0.420. The normalized spacial score (nSPS) is 17.8. The lowest BCUT2D eigenvalue weighted by Gasteiger charge is -2.31. The highest BCUT2D eigenvalue weighted by molar-refractivity contribution is 7.12. The molecule has 0 unspecified atom stereocenters. The number of aryl methyl sites for hydroxylation is 1. The fourth-order valence-electron chi connectivity index (χ4n) is 2.79. The van der Waals surface area contributed by atoms with Crippen molar-refractivity contribution in [1.29, 1.82) is 0 Å². The minimum atomic E-state index is 0.490. The zero-order valence-electron chi connectivity index (χ0n) is 13.1. The Morgan fingerprint density at radius 1 is 1.35 bits per heavy atom. The number of nitrogens with one attached hydrogen (secondary N) is 1. The zero-order chi connectivity index (χ0) is 14.4. The molecule has 3 nitrogen and oxygen atoms in total. The number of ether oxygens (including phenoxy) is 1. The third kappa shape index (κ3) is 4.55. The number of likely N-dealkylation sites (tertiary alicyclic amines) is 1. The smallest absolute Gasteiger partial charge is 0.0599 e. The summed E-state index contributed by atoms with van der Waals surface area (Å²) in [5, 5.41) is 3.41. The topological polar surface area (TPSA) is 24.5 Å². The highest BCUT2D eigenvalue weighted by atomic mass is 32.1. The van der Waals surface area contributed by atoms with Crippen LogP contribution in [0.5, 0.6) is 0 Å². The molecule has 0 saturated carbocycles. The molecule has 1 aromatic rings. The first kappa shape index (κ1) is 16.0. The lowest BCUT2D eigenvalue weighted by molar-refractivity contribution is 0.0125. The molecule has 0 amide bonds. The van der Waals surface area contributed by atoms with E-state index in [1.165, 1.54) is 41.2 Å². The van der Waals surface area contributed by atoms with Crippen molar-refractivity contribution in [3.63, 3.8) is 0 Å². The van der Waals surface area contributed by atoms with Crippen LogP contribution in [0.1, 0.15) is 42.0 Å². The van der Waals surface area contributed by atoms with Crippen LogP contribution >= 0.6 is 11.3 Å². The Bertz CT molecular complexity index is 397. The van der Waals surface area contributed by atoms with Crippen molar-refractivity contribution in [3.05, 3.63) is 21.4 Å². The molecule has 1 aromatic heterocycles. The zero-order valence-corrected chi connectivity index (χ0v) is 13.9. The minimum Gasteiger partial charge on any atom is -0.378 e. The summed E-state index contributed by atoms with van der Waals surface area (Å²) in [6.45, 7) is 12.8. The number of piperidine rings is 1. The van der Waals surface area contributed by atoms with E-state index in [1.54, 1.807) is 0 Å². The maximum Gasteiger partial charge on any atom is 0.0599 e. The van der Waals surface area contributed by atoms with Crippen molar-refractivity contribution in [2.45, 2.75) is 52.8 Å². The molecule has 2 heterocycles. The van der Waals surface area contributed by atoms with Gasteiger partial charge >= 0.3 is 0 Å². The molecule has 1 saturated heterocycles. The Morgan fingerprint density at radius 3 is 2.75 bits per heavy atom. The van der Waals surface area contributed by atoms with Crippen LogP contribution in [0.4, 0.5) is 0 Å². The first-order valence-corrected chi connectivity index (χ1v) is 8.67. The van der Waals surface area contributed by atoms with Gasteiger partial charge in [-0.15, -0.1) is 11.3 Å². The summed E-state index contributed by atoms with van der Waals surface area (Å²) in [4.78, 5) is 5.51. The maximum absolute atomic E-state index is 5.72. The van der Waals surface area contributed by atoms with Crippen LogP contribution in [0.15, 0.2) is 6.07 Å². The van der Waals surface area contributed by atoms with Gasteiger partial charge in [0.05, 0.1) is 6.10 Å². The van der Waals surface area contributed by atoms with Gasteiger partial charge in [-0.2, -0.15) is 0 Å².